The molecule has 0 spiro atoms. The molecule has 1 saturated carbocycles. The summed E-state index contributed by atoms with van der Waals surface area (Å²) >= 11 is 0. The van der Waals surface area contributed by atoms with Crippen LogP contribution in [0.4, 0.5) is 17.2 Å². The second-order valence-electron chi connectivity index (χ2n) is 6.83. The number of nitrogens with zero attached hydrogens (tertiary/aromatic N) is 3. The Morgan fingerprint density at radius 2 is 2.03 bits per heavy atom. The van der Waals surface area contributed by atoms with Crippen LogP contribution < -0.4 is 26.4 Å². The summed E-state index contributed by atoms with van der Waals surface area (Å²) in [5.74, 6) is -2.16. The van der Waals surface area contributed by atoms with Crippen molar-refractivity contribution in [3.05, 3.63) is 35.5 Å². The Balaban J connectivity index is 1.99. The molecule has 12 nitrogen and oxygen atoms in total. The standard InChI is InChI=1S/C20H23N7O5/c1-10(21)27-32-20(30)12-5-4-6-13(17(12)31-3)23-14-9-15(24-18(28)11-7-8-11)25-26-16(14)19(29)22-2/h4-6,9,11H,7-8H2,1-3H3,(H2,21,27)(H,22,29)(H2,23,24,25,28)/i2D3. The van der Waals surface area contributed by atoms with Crippen molar-refractivity contribution in [1.82, 2.24) is 15.5 Å². The van der Waals surface area contributed by atoms with E-state index in [9.17, 15) is 14.4 Å². The zero-order chi connectivity index (χ0) is 25.8. The van der Waals surface area contributed by atoms with E-state index in [-0.39, 0.29) is 51.9 Å². The van der Waals surface area contributed by atoms with Gasteiger partial charge < -0.3 is 31.3 Å². The van der Waals surface area contributed by atoms with Crippen LogP contribution in [0.2, 0.25) is 0 Å². The van der Waals surface area contributed by atoms with Crippen molar-refractivity contribution < 1.29 is 28.1 Å². The number of nitrogens with two attached hydrogens (primary N) is 1. The summed E-state index contributed by atoms with van der Waals surface area (Å²) in [6.45, 7) is -1.34. The van der Waals surface area contributed by atoms with E-state index in [1.54, 1.807) is 0 Å². The van der Waals surface area contributed by atoms with Gasteiger partial charge in [0.05, 0.1) is 18.5 Å². The van der Waals surface area contributed by atoms with Crippen LogP contribution in [0, 0.1) is 5.92 Å². The maximum Gasteiger partial charge on any atom is 0.369 e. The van der Waals surface area contributed by atoms with Crippen LogP contribution in [0.5, 0.6) is 5.75 Å². The third-order valence-corrected chi connectivity index (χ3v) is 4.30. The Morgan fingerprint density at radius 1 is 1.25 bits per heavy atom. The summed E-state index contributed by atoms with van der Waals surface area (Å²) in [5, 5.41) is 18.4. The topological polar surface area (TPSA) is 170 Å². The summed E-state index contributed by atoms with van der Waals surface area (Å²) in [4.78, 5) is 41.9. The number of ether oxygens (including phenoxy) is 1. The highest BCUT2D eigenvalue weighted by molar-refractivity contribution is 6.01. The molecule has 1 heterocycles. The van der Waals surface area contributed by atoms with Crippen LogP contribution in [0.3, 0.4) is 0 Å². The van der Waals surface area contributed by atoms with Crippen LogP contribution in [0.15, 0.2) is 29.4 Å². The van der Waals surface area contributed by atoms with Crippen molar-refractivity contribution in [1.29, 1.82) is 0 Å². The molecule has 1 fully saturated rings. The fraction of sp³-hybridized carbons (Fsp3) is 0.300. The van der Waals surface area contributed by atoms with E-state index < -0.39 is 18.9 Å². The number of rotatable bonds is 8. The maximum absolute atomic E-state index is 12.6. The van der Waals surface area contributed by atoms with E-state index >= 15 is 0 Å². The molecule has 0 bridgehead atoms. The van der Waals surface area contributed by atoms with Crippen LogP contribution in [-0.2, 0) is 9.63 Å². The van der Waals surface area contributed by atoms with E-state index in [1.165, 1.54) is 38.3 Å². The van der Waals surface area contributed by atoms with Gasteiger partial charge in [0.25, 0.3) is 5.91 Å². The van der Waals surface area contributed by atoms with Gasteiger partial charge in [-0.1, -0.05) is 11.2 Å². The lowest BCUT2D eigenvalue weighted by Gasteiger charge is -2.16. The van der Waals surface area contributed by atoms with Crippen molar-refractivity contribution in [2.45, 2.75) is 19.8 Å². The smallest absolute Gasteiger partial charge is 0.369 e. The first kappa shape index (κ1) is 18.5. The molecule has 168 valence electrons. The van der Waals surface area contributed by atoms with Gasteiger partial charge >= 0.3 is 5.97 Å². The number of oxime groups is 1. The number of amides is 2. The largest absolute Gasteiger partial charge is 0.494 e. The van der Waals surface area contributed by atoms with Gasteiger partial charge in [0.15, 0.2) is 17.3 Å². The minimum Gasteiger partial charge on any atom is -0.494 e. The number of methoxy groups -OCH3 is 1. The number of hydrogen-bond acceptors (Lipinski definition) is 9. The van der Waals surface area contributed by atoms with Gasteiger partial charge in [-0.3, -0.25) is 9.59 Å². The molecule has 0 unspecified atom stereocenters. The molecule has 1 aromatic heterocycles. The molecule has 2 amide bonds. The first-order valence-electron chi connectivity index (χ1n) is 10.9. The van der Waals surface area contributed by atoms with Gasteiger partial charge in [0, 0.05) is 23.1 Å². The zero-order valence-corrected chi connectivity index (χ0v) is 17.3. The lowest BCUT2D eigenvalue weighted by atomic mass is 10.1. The van der Waals surface area contributed by atoms with E-state index in [0.717, 1.165) is 12.8 Å². The number of benzene rings is 1. The highest BCUT2D eigenvalue weighted by atomic mass is 16.7. The van der Waals surface area contributed by atoms with E-state index in [1.807, 2.05) is 5.32 Å². The van der Waals surface area contributed by atoms with E-state index in [2.05, 4.69) is 26.0 Å². The van der Waals surface area contributed by atoms with E-state index in [4.69, 9.17) is 19.4 Å². The van der Waals surface area contributed by atoms with Crippen LogP contribution in [-0.4, -0.2) is 47.9 Å². The molecule has 1 aromatic carbocycles. The monoisotopic (exact) mass is 444 g/mol. The summed E-state index contributed by atoms with van der Waals surface area (Å²) in [6.07, 6.45) is 1.52. The van der Waals surface area contributed by atoms with Gasteiger partial charge in [-0.2, -0.15) is 0 Å². The molecule has 2 aromatic rings. The summed E-state index contributed by atoms with van der Waals surface area (Å²) in [5.41, 5.74) is 5.20. The highest BCUT2D eigenvalue weighted by Crippen LogP contribution is 2.34. The van der Waals surface area contributed by atoms with Crippen LogP contribution in [0.25, 0.3) is 0 Å². The SMILES string of the molecule is [2H]C([2H])([2H])NC(=O)c1nnc(NC(=O)C2CC2)cc1Nc1cccc(C(=O)O/N=C(/C)N)c1OC. The molecule has 0 saturated heterocycles. The Morgan fingerprint density at radius 3 is 2.69 bits per heavy atom. The molecule has 0 aliphatic heterocycles. The third kappa shape index (κ3) is 5.28. The Bertz CT molecular complexity index is 1180. The summed E-state index contributed by atoms with van der Waals surface area (Å²) in [7, 11) is 1.31. The number of amidine groups is 1. The third-order valence-electron chi connectivity index (χ3n) is 4.30. The predicted molar refractivity (Wildman–Crippen MR) is 116 cm³/mol. The van der Waals surface area contributed by atoms with Gasteiger partial charge in [-0.15, -0.1) is 10.2 Å². The number of hydrogen-bond donors (Lipinski definition) is 4. The average molecular weight is 444 g/mol. The second-order valence-corrected chi connectivity index (χ2v) is 6.83. The fourth-order valence-corrected chi connectivity index (χ4v) is 2.67. The molecule has 12 heteroatoms. The fourth-order valence-electron chi connectivity index (χ4n) is 2.67. The van der Waals surface area contributed by atoms with Crippen molar-refractivity contribution in [2.24, 2.45) is 16.8 Å². The molecular weight excluding hydrogens is 418 g/mol. The van der Waals surface area contributed by atoms with Crippen LogP contribution in [0.1, 0.15) is 44.7 Å². The number of para-hydroxylation sites is 1. The molecule has 1 aliphatic rings. The van der Waals surface area contributed by atoms with Crippen molar-refractivity contribution in [2.75, 3.05) is 24.7 Å². The Labute approximate surface area is 187 Å². The zero-order valence-electron chi connectivity index (χ0n) is 20.3. The van der Waals surface area contributed by atoms with Crippen LogP contribution >= 0.6 is 0 Å². The van der Waals surface area contributed by atoms with Gasteiger partial charge in [-0.25, -0.2) is 4.79 Å². The number of aromatic nitrogens is 2. The van der Waals surface area contributed by atoms with Crippen molar-refractivity contribution in [3.8, 4) is 5.75 Å². The van der Waals surface area contributed by atoms with Gasteiger partial charge in [0.1, 0.15) is 11.4 Å². The quantitative estimate of drug-likeness (QED) is 0.203. The predicted octanol–water partition coefficient (Wildman–Crippen LogP) is 1.39. The molecule has 32 heavy (non-hydrogen) atoms. The van der Waals surface area contributed by atoms with Crippen molar-refractivity contribution >= 4 is 40.8 Å². The minimum absolute atomic E-state index is 0.00696. The molecule has 5 N–H and O–H groups in total. The van der Waals surface area contributed by atoms with Crippen molar-refractivity contribution in [3.63, 3.8) is 0 Å². The number of carbonyl (C=O) groups excluding carboxylic acids is 3. The number of anilines is 3. The van der Waals surface area contributed by atoms with Gasteiger partial charge in [-0.05, 0) is 31.9 Å². The summed E-state index contributed by atoms with van der Waals surface area (Å²) < 4.78 is 27.2. The maximum atomic E-state index is 12.6. The molecule has 0 radical (unpaired) electrons. The molecule has 1 aliphatic carbocycles. The minimum atomic E-state index is -2.78. The molecular formula is C20H23N7O5. The first-order valence-corrected chi connectivity index (χ1v) is 9.45. The number of carbonyl (C=O) groups is 3. The van der Waals surface area contributed by atoms with E-state index in [0.29, 0.717) is 0 Å². The Kier molecular flexibility index (Phi) is 5.63. The number of nitrogens with one attached hydrogen (secondary N) is 3. The average Bonchev–Trinajstić information content (AvgIpc) is 3.62. The first-order chi connectivity index (χ1) is 16.5. The lowest BCUT2D eigenvalue weighted by Crippen LogP contribution is -2.22. The molecule has 3 rings (SSSR count). The normalized spacial score (nSPS) is 14.9. The Hall–Kier alpha value is -4.22. The van der Waals surface area contributed by atoms with Gasteiger partial charge in [0.2, 0.25) is 5.91 Å². The lowest BCUT2D eigenvalue weighted by molar-refractivity contribution is -0.117. The highest BCUT2D eigenvalue weighted by Gasteiger charge is 2.30. The molecule has 0 atom stereocenters. The summed E-state index contributed by atoms with van der Waals surface area (Å²) in [6, 6.07) is 5.77. The second kappa shape index (κ2) is 9.73.